The van der Waals surface area contributed by atoms with Crippen molar-refractivity contribution in [2.45, 2.75) is 45.8 Å². The predicted molar refractivity (Wildman–Crippen MR) is 116 cm³/mol. The lowest BCUT2D eigenvalue weighted by molar-refractivity contribution is -0.384. The SMILES string of the molecule is CCc1ccc(NC(=O)C(C)OC(=O)CCCn2c(=O)oc3cc([N+](=O)[O-])ccc32)cc1. The maximum absolute atomic E-state index is 12.2. The van der Waals surface area contributed by atoms with Crippen molar-refractivity contribution in [3.8, 4) is 0 Å². The molecule has 32 heavy (non-hydrogen) atoms. The van der Waals surface area contributed by atoms with Crippen LogP contribution in [0.5, 0.6) is 0 Å². The smallest absolute Gasteiger partial charge is 0.419 e. The average Bonchev–Trinajstić information content (AvgIpc) is 3.08. The van der Waals surface area contributed by atoms with Crippen molar-refractivity contribution in [2.24, 2.45) is 0 Å². The molecule has 10 heteroatoms. The Balaban J connectivity index is 1.51. The van der Waals surface area contributed by atoms with Gasteiger partial charge in [0.1, 0.15) is 0 Å². The van der Waals surface area contributed by atoms with E-state index in [1.54, 1.807) is 12.1 Å². The molecule has 1 heterocycles. The Kier molecular flexibility index (Phi) is 7.04. The van der Waals surface area contributed by atoms with E-state index in [0.717, 1.165) is 12.0 Å². The number of esters is 1. The average molecular weight is 441 g/mol. The van der Waals surface area contributed by atoms with Gasteiger partial charge in [0.25, 0.3) is 11.6 Å². The highest BCUT2D eigenvalue weighted by molar-refractivity contribution is 5.95. The molecular weight excluding hydrogens is 418 g/mol. The van der Waals surface area contributed by atoms with Crippen LogP contribution in [0.1, 0.15) is 32.3 Å². The third-order valence-electron chi connectivity index (χ3n) is 4.93. The molecule has 1 unspecified atom stereocenters. The summed E-state index contributed by atoms with van der Waals surface area (Å²) in [5.41, 5.74) is 2.07. The number of hydrogen-bond acceptors (Lipinski definition) is 7. The second-order valence-corrected chi connectivity index (χ2v) is 7.20. The van der Waals surface area contributed by atoms with Crippen molar-refractivity contribution < 1.29 is 23.7 Å². The van der Waals surface area contributed by atoms with Crippen molar-refractivity contribution >= 4 is 34.4 Å². The van der Waals surface area contributed by atoms with Crippen LogP contribution in [0.4, 0.5) is 11.4 Å². The van der Waals surface area contributed by atoms with Gasteiger partial charge in [-0.05, 0) is 43.5 Å². The normalized spacial score (nSPS) is 11.8. The molecule has 1 amide bonds. The Morgan fingerprint density at radius 3 is 2.59 bits per heavy atom. The minimum Gasteiger partial charge on any atom is -0.453 e. The number of ether oxygens (including phenoxy) is 1. The van der Waals surface area contributed by atoms with Gasteiger partial charge in [-0.2, -0.15) is 0 Å². The predicted octanol–water partition coefficient (Wildman–Crippen LogP) is 3.42. The molecular formula is C22H23N3O7. The van der Waals surface area contributed by atoms with Gasteiger partial charge in [0, 0.05) is 24.7 Å². The number of carbonyl (C=O) groups is 2. The van der Waals surface area contributed by atoms with Crippen LogP contribution in [0, 0.1) is 10.1 Å². The van der Waals surface area contributed by atoms with E-state index < -0.39 is 28.7 Å². The van der Waals surface area contributed by atoms with Crippen molar-refractivity contribution in [1.29, 1.82) is 0 Å². The first-order valence-corrected chi connectivity index (χ1v) is 10.2. The molecule has 2 aromatic carbocycles. The first-order valence-electron chi connectivity index (χ1n) is 10.2. The van der Waals surface area contributed by atoms with Crippen LogP contribution in [-0.4, -0.2) is 27.5 Å². The number of aromatic nitrogens is 1. The Hall–Kier alpha value is -3.95. The fourth-order valence-corrected chi connectivity index (χ4v) is 3.14. The zero-order valence-electron chi connectivity index (χ0n) is 17.7. The number of carbonyl (C=O) groups excluding carboxylic acids is 2. The third kappa shape index (κ3) is 5.39. The van der Waals surface area contributed by atoms with Gasteiger partial charge in [0.05, 0.1) is 16.5 Å². The number of nitrogens with zero attached hydrogens (tertiary/aromatic N) is 2. The molecule has 1 atom stereocenters. The zero-order valence-corrected chi connectivity index (χ0v) is 17.7. The Morgan fingerprint density at radius 2 is 1.94 bits per heavy atom. The molecule has 168 valence electrons. The summed E-state index contributed by atoms with van der Waals surface area (Å²) in [6, 6.07) is 11.3. The standard InChI is InChI=1S/C22H23N3O7/c1-3-15-6-8-16(9-7-15)23-21(27)14(2)31-20(26)5-4-12-24-18-11-10-17(25(29)30)13-19(18)32-22(24)28/h6-11,13-14H,3-5,12H2,1-2H3,(H,23,27). The summed E-state index contributed by atoms with van der Waals surface area (Å²) in [5, 5.41) is 13.5. The van der Waals surface area contributed by atoms with Gasteiger partial charge in [0.15, 0.2) is 11.7 Å². The summed E-state index contributed by atoms with van der Waals surface area (Å²) < 4.78 is 11.5. The largest absolute Gasteiger partial charge is 0.453 e. The van der Waals surface area contributed by atoms with Crippen molar-refractivity contribution in [3.05, 3.63) is 68.7 Å². The molecule has 0 bridgehead atoms. The van der Waals surface area contributed by atoms with Crippen LogP contribution in [0.15, 0.2) is 51.7 Å². The van der Waals surface area contributed by atoms with Crippen LogP contribution < -0.4 is 11.1 Å². The molecule has 0 saturated carbocycles. The van der Waals surface area contributed by atoms with E-state index in [4.69, 9.17) is 9.15 Å². The van der Waals surface area contributed by atoms with E-state index in [-0.39, 0.29) is 30.7 Å². The summed E-state index contributed by atoms with van der Waals surface area (Å²) in [5.74, 6) is -1.69. The number of nitro benzene ring substituents is 1. The van der Waals surface area contributed by atoms with Gasteiger partial charge in [0.2, 0.25) is 0 Å². The maximum atomic E-state index is 12.2. The molecule has 0 radical (unpaired) electrons. The van der Waals surface area contributed by atoms with Gasteiger partial charge in [-0.3, -0.25) is 24.3 Å². The monoisotopic (exact) mass is 441 g/mol. The molecule has 10 nitrogen and oxygen atoms in total. The number of nitrogens with one attached hydrogen (secondary N) is 1. The molecule has 0 aliphatic heterocycles. The number of benzene rings is 2. The van der Waals surface area contributed by atoms with E-state index in [9.17, 15) is 24.5 Å². The molecule has 0 spiro atoms. The summed E-state index contributed by atoms with van der Waals surface area (Å²) in [6.07, 6.45) is 0.154. The molecule has 1 N–H and O–H groups in total. The number of aryl methyl sites for hydroxylation is 2. The molecule has 0 aliphatic rings. The van der Waals surface area contributed by atoms with E-state index in [1.807, 2.05) is 19.1 Å². The minimum absolute atomic E-state index is 0.0189. The number of non-ortho nitro benzene ring substituents is 1. The van der Waals surface area contributed by atoms with Gasteiger partial charge in [-0.15, -0.1) is 0 Å². The number of nitro groups is 1. The zero-order chi connectivity index (χ0) is 23.3. The number of fused-ring (bicyclic) bond motifs is 1. The fourth-order valence-electron chi connectivity index (χ4n) is 3.14. The summed E-state index contributed by atoms with van der Waals surface area (Å²) >= 11 is 0. The lowest BCUT2D eigenvalue weighted by atomic mass is 10.1. The molecule has 1 aromatic heterocycles. The number of amides is 1. The van der Waals surface area contributed by atoms with Crippen LogP contribution in [0.2, 0.25) is 0 Å². The molecule has 0 fully saturated rings. The number of oxazole rings is 1. The molecule has 3 aromatic rings. The molecule has 3 rings (SSSR count). The topological polar surface area (TPSA) is 134 Å². The van der Waals surface area contributed by atoms with Gasteiger partial charge in [-0.1, -0.05) is 19.1 Å². The van der Waals surface area contributed by atoms with Crippen LogP contribution in [-0.2, 0) is 27.3 Å². The number of hydrogen-bond donors (Lipinski definition) is 1. The molecule has 0 aliphatic carbocycles. The van der Waals surface area contributed by atoms with Gasteiger partial charge >= 0.3 is 11.7 Å². The first kappa shape index (κ1) is 22.7. The summed E-state index contributed by atoms with van der Waals surface area (Å²) in [7, 11) is 0. The van der Waals surface area contributed by atoms with Gasteiger partial charge in [-0.25, -0.2) is 4.79 Å². The Morgan fingerprint density at radius 1 is 1.22 bits per heavy atom. The van der Waals surface area contributed by atoms with Crippen LogP contribution >= 0.6 is 0 Å². The highest BCUT2D eigenvalue weighted by Gasteiger charge is 2.19. The van der Waals surface area contributed by atoms with Crippen LogP contribution in [0.25, 0.3) is 11.1 Å². The quantitative estimate of drug-likeness (QED) is 0.305. The van der Waals surface area contributed by atoms with Gasteiger partial charge < -0.3 is 14.5 Å². The third-order valence-corrected chi connectivity index (χ3v) is 4.93. The maximum Gasteiger partial charge on any atom is 0.419 e. The van der Waals surface area contributed by atoms with Crippen molar-refractivity contribution in [2.75, 3.05) is 5.32 Å². The Bertz CT molecular complexity index is 1190. The number of anilines is 1. The van der Waals surface area contributed by atoms with Crippen LogP contribution in [0.3, 0.4) is 0 Å². The lowest BCUT2D eigenvalue weighted by Crippen LogP contribution is -2.30. The highest BCUT2D eigenvalue weighted by atomic mass is 16.6. The lowest BCUT2D eigenvalue weighted by Gasteiger charge is -2.14. The number of rotatable bonds is 9. The van der Waals surface area contributed by atoms with E-state index in [2.05, 4.69) is 5.32 Å². The minimum atomic E-state index is -0.980. The van der Waals surface area contributed by atoms with E-state index in [1.165, 1.54) is 29.7 Å². The summed E-state index contributed by atoms with van der Waals surface area (Å²) in [6.45, 7) is 3.67. The first-order chi connectivity index (χ1) is 15.3. The second kappa shape index (κ2) is 9.90. The Labute approximate surface area is 182 Å². The fraction of sp³-hybridized carbons (Fsp3) is 0.318. The van der Waals surface area contributed by atoms with E-state index >= 15 is 0 Å². The van der Waals surface area contributed by atoms with Crippen molar-refractivity contribution in [1.82, 2.24) is 4.57 Å². The summed E-state index contributed by atoms with van der Waals surface area (Å²) in [4.78, 5) is 46.6. The molecule has 0 saturated heterocycles. The van der Waals surface area contributed by atoms with E-state index in [0.29, 0.717) is 11.2 Å². The highest BCUT2D eigenvalue weighted by Crippen LogP contribution is 2.20. The second-order valence-electron chi connectivity index (χ2n) is 7.20. The van der Waals surface area contributed by atoms with Crippen molar-refractivity contribution in [3.63, 3.8) is 0 Å².